The summed E-state index contributed by atoms with van der Waals surface area (Å²) in [4.78, 5) is 9.12. The van der Waals surface area contributed by atoms with Gasteiger partial charge in [0.2, 0.25) is 0 Å². The standard InChI is InChI=1S/C44H24F12N2/c45-41(46,47)29-17-27(18-30(21-29)42(48,49)50)37-13-7-15-39(57-37)35-24-34(26-11-5-2-6-12-26)36(23-33(35)25-9-3-1-4-10-25)40-16-8-14-38(58-40)28-19-31(43(51,52)53)22-32(20-28)44(54,55)56/h1-24H. The molecule has 0 unspecified atom stereocenters. The molecule has 0 saturated heterocycles. The quantitative estimate of drug-likeness (QED) is 0.156. The lowest BCUT2D eigenvalue weighted by Crippen LogP contribution is -2.11. The second kappa shape index (κ2) is 14.8. The smallest absolute Gasteiger partial charge is 0.248 e. The maximum absolute atomic E-state index is 13.8. The van der Waals surface area contributed by atoms with Crippen molar-refractivity contribution in [2.24, 2.45) is 0 Å². The second-order valence-electron chi connectivity index (χ2n) is 13.1. The molecule has 0 fully saturated rings. The van der Waals surface area contributed by atoms with Gasteiger partial charge in [-0.2, -0.15) is 52.7 Å². The lowest BCUT2D eigenvalue weighted by Gasteiger charge is -2.19. The molecule has 0 saturated carbocycles. The van der Waals surface area contributed by atoms with Crippen LogP contribution in [0.3, 0.4) is 0 Å². The van der Waals surface area contributed by atoms with Crippen molar-refractivity contribution in [1.82, 2.24) is 9.97 Å². The van der Waals surface area contributed by atoms with Crippen molar-refractivity contribution < 1.29 is 52.7 Å². The minimum absolute atomic E-state index is 0.0248. The topological polar surface area (TPSA) is 25.8 Å². The minimum Gasteiger partial charge on any atom is -0.248 e. The predicted molar refractivity (Wildman–Crippen MR) is 195 cm³/mol. The number of hydrogen-bond donors (Lipinski definition) is 0. The molecule has 0 atom stereocenters. The van der Waals surface area contributed by atoms with Gasteiger partial charge in [0.1, 0.15) is 0 Å². The third-order valence-corrected chi connectivity index (χ3v) is 9.14. The lowest BCUT2D eigenvalue weighted by atomic mass is 9.88. The van der Waals surface area contributed by atoms with Crippen LogP contribution in [0.25, 0.3) is 67.3 Å². The van der Waals surface area contributed by atoms with E-state index in [1.54, 1.807) is 72.8 Å². The van der Waals surface area contributed by atoms with Gasteiger partial charge in [0.25, 0.3) is 0 Å². The highest BCUT2D eigenvalue weighted by atomic mass is 19.4. The van der Waals surface area contributed by atoms with E-state index < -0.39 is 58.1 Å². The summed E-state index contributed by atoms with van der Waals surface area (Å²) in [6.07, 6.45) is -20.4. The SMILES string of the molecule is FC(F)(F)c1cc(-c2cccc(-c3cc(-c4ccccc4)c(-c4cccc(-c5cc(C(F)(F)F)cc(C(F)(F)F)c5)n4)cc3-c3ccccc3)n2)cc(C(F)(F)F)c1. The summed E-state index contributed by atoms with van der Waals surface area (Å²) in [7, 11) is 0. The Hall–Kier alpha value is -6.44. The van der Waals surface area contributed by atoms with Crippen LogP contribution in [0.5, 0.6) is 0 Å². The summed E-state index contributed by atoms with van der Waals surface area (Å²) in [6, 6.07) is 31.6. The van der Waals surface area contributed by atoms with Crippen molar-refractivity contribution in [2.45, 2.75) is 24.7 Å². The molecule has 294 valence electrons. The fraction of sp³-hybridized carbons (Fsp3) is 0.0909. The van der Waals surface area contributed by atoms with Gasteiger partial charge in [-0.05, 0) is 95.1 Å². The van der Waals surface area contributed by atoms with Crippen LogP contribution >= 0.6 is 0 Å². The molecule has 2 nitrogen and oxygen atoms in total. The van der Waals surface area contributed by atoms with E-state index >= 15 is 0 Å². The molecule has 2 heterocycles. The van der Waals surface area contributed by atoms with E-state index in [1.807, 2.05) is 0 Å². The number of benzene rings is 5. The summed E-state index contributed by atoms with van der Waals surface area (Å²) in [5, 5.41) is 0. The average Bonchev–Trinajstić information content (AvgIpc) is 3.19. The Morgan fingerprint density at radius 2 is 0.552 bits per heavy atom. The monoisotopic (exact) mass is 808 g/mol. The van der Waals surface area contributed by atoms with E-state index in [4.69, 9.17) is 0 Å². The van der Waals surface area contributed by atoms with E-state index in [9.17, 15) is 52.7 Å². The van der Waals surface area contributed by atoms with Crippen molar-refractivity contribution in [3.63, 3.8) is 0 Å². The van der Waals surface area contributed by atoms with Crippen LogP contribution in [-0.4, -0.2) is 9.97 Å². The van der Waals surface area contributed by atoms with Crippen LogP contribution in [0, 0.1) is 0 Å². The molecule has 14 heteroatoms. The number of rotatable bonds is 6. The van der Waals surface area contributed by atoms with Crippen LogP contribution in [0.1, 0.15) is 22.3 Å². The maximum atomic E-state index is 13.8. The Bertz CT molecular complexity index is 2360. The number of hydrogen-bond acceptors (Lipinski definition) is 2. The Labute approximate surface area is 322 Å². The first-order valence-corrected chi connectivity index (χ1v) is 17.1. The fourth-order valence-corrected chi connectivity index (χ4v) is 6.43. The Balaban J connectivity index is 1.46. The van der Waals surface area contributed by atoms with Crippen LogP contribution in [0.4, 0.5) is 52.7 Å². The van der Waals surface area contributed by atoms with Gasteiger partial charge in [-0.25, -0.2) is 9.97 Å². The molecule has 0 aliphatic carbocycles. The fourth-order valence-electron chi connectivity index (χ4n) is 6.43. The van der Waals surface area contributed by atoms with E-state index in [1.165, 1.54) is 36.4 Å². The Morgan fingerprint density at radius 1 is 0.259 bits per heavy atom. The van der Waals surface area contributed by atoms with Gasteiger partial charge in [-0.3, -0.25) is 0 Å². The molecule has 0 aliphatic heterocycles. The molecule has 0 N–H and O–H groups in total. The zero-order valence-corrected chi connectivity index (χ0v) is 29.3. The third kappa shape index (κ3) is 8.46. The molecule has 0 aliphatic rings. The maximum Gasteiger partial charge on any atom is 0.416 e. The highest BCUT2D eigenvalue weighted by Gasteiger charge is 2.38. The molecule has 7 rings (SSSR count). The van der Waals surface area contributed by atoms with Crippen molar-refractivity contribution in [3.05, 3.63) is 168 Å². The molecular formula is C44H24F12N2. The van der Waals surface area contributed by atoms with Crippen molar-refractivity contribution in [3.8, 4) is 67.3 Å². The number of nitrogens with zero attached hydrogens (tertiary/aromatic N) is 2. The number of aromatic nitrogens is 2. The summed E-state index contributed by atoms with van der Waals surface area (Å²) in [5.74, 6) is 0. The Morgan fingerprint density at radius 3 is 0.845 bits per heavy atom. The largest absolute Gasteiger partial charge is 0.416 e. The zero-order valence-electron chi connectivity index (χ0n) is 29.3. The highest BCUT2D eigenvalue weighted by molar-refractivity contribution is 5.94. The van der Waals surface area contributed by atoms with Crippen LogP contribution < -0.4 is 0 Å². The number of halogens is 12. The molecular weight excluding hydrogens is 784 g/mol. The van der Waals surface area contributed by atoms with E-state index in [0.717, 1.165) is 0 Å². The van der Waals surface area contributed by atoms with E-state index in [0.29, 0.717) is 57.6 Å². The molecule has 5 aromatic carbocycles. The highest BCUT2D eigenvalue weighted by Crippen LogP contribution is 2.44. The second-order valence-corrected chi connectivity index (χ2v) is 13.1. The molecule has 0 amide bonds. The summed E-state index contributed by atoms with van der Waals surface area (Å²) in [5.41, 5.74) is -4.09. The summed E-state index contributed by atoms with van der Waals surface area (Å²) in [6.45, 7) is 0. The van der Waals surface area contributed by atoms with E-state index in [2.05, 4.69) is 9.97 Å². The molecule has 0 spiro atoms. The minimum atomic E-state index is -5.10. The first kappa shape index (κ1) is 39.8. The lowest BCUT2D eigenvalue weighted by molar-refractivity contribution is -0.144. The van der Waals surface area contributed by atoms with Gasteiger partial charge in [0.05, 0.1) is 45.0 Å². The average molecular weight is 809 g/mol. The zero-order chi connectivity index (χ0) is 41.6. The van der Waals surface area contributed by atoms with Gasteiger partial charge in [0.15, 0.2) is 0 Å². The first-order valence-electron chi connectivity index (χ1n) is 17.1. The molecule has 58 heavy (non-hydrogen) atoms. The van der Waals surface area contributed by atoms with Crippen molar-refractivity contribution >= 4 is 0 Å². The third-order valence-electron chi connectivity index (χ3n) is 9.14. The van der Waals surface area contributed by atoms with Gasteiger partial charge >= 0.3 is 24.7 Å². The van der Waals surface area contributed by atoms with Crippen molar-refractivity contribution in [2.75, 3.05) is 0 Å². The normalized spacial score (nSPS) is 12.5. The predicted octanol–water partition coefficient (Wildman–Crippen LogP) is 14.6. The summed E-state index contributed by atoms with van der Waals surface area (Å²) >= 11 is 0. The van der Waals surface area contributed by atoms with Crippen LogP contribution in [0.15, 0.2) is 146 Å². The van der Waals surface area contributed by atoms with Gasteiger partial charge < -0.3 is 0 Å². The number of pyridine rings is 2. The van der Waals surface area contributed by atoms with Crippen LogP contribution in [-0.2, 0) is 24.7 Å². The molecule has 7 aromatic rings. The van der Waals surface area contributed by atoms with Crippen LogP contribution in [0.2, 0.25) is 0 Å². The summed E-state index contributed by atoms with van der Waals surface area (Å²) < 4.78 is 165. The van der Waals surface area contributed by atoms with Gasteiger partial charge in [0, 0.05) is 22.3 Å². The Kier molecular flexibility index (Phi) is 10.2. The van der Waals surface area contributed by atoms with Gasteiger partial charge in [-0.1, -0.05) is 72.8 Å². The molecule has 0 bridgehead atoms. The van der Waals surface area contributed by atoms with E-state index in [-0.39, 0.29) is 34.9 Å². The van der Waals surface area contributed by atoms with Gasteiger partial charge in [-0.15, -0.1) is 0 Å². The first-order chi connectivity index (χ1) is 27.3. The van der Waals surface area contributed by atoms with Crippen molar-refractivity contribution in [1.29, 1.82) is 0 Å². The molecule has 2 aromatic heterocycles. The number of alkyl halides is 12. The molecule has 0 radical (unpaired) electrons.